The molecule has 0 N–H and O–H groups in total. The van der Waals surface area contributed by atoms with Crippen LogP contribution in [0.15, 0.2) is 28.8 Å². The summed E-state index contributed by atoms with van der Waals surface area (Å²) in [5.74, 6) is 1.69. The molecule has 5 nitrogen and oxygen atoms in total. The number of para-hydroxylation sites is 1. The number of ether oxygens (including phenoxy) is 2. The fourth-order valence-corrected chi connectivity index (χ4v) is 1.68. The van der Waals surface area contributed by atoms with Crippen molar-refractivity contribution in [1.29, 1.82) is 0 Å². The topological polar surface area (TPSA) is 61.6 Å². The first-order chi connectivity index (χ1) is 9.24. The van der Waals surface area contributed by atoms with Crippen molar-refractivity contribution in [3.8, 4) is 11.5 Å². The molecule has 1 aromatic heterocycles. The van der Waals surface area contributed by atoms with E-state index in [1.807, 2.05) is 13.8 Å². The Labute approximate surface area is 111 Å². The number of hydrogen-bond donors (Lipinski definition) is 0. The monoisotopic (exact) mass is 261 g/mol. The third-order valence-corrected chi connectivity index (χ3v) is 2.48. The van der Waals surface area contributed by atoms with Gasteiger partial charge in [0.2, 0.25) is 0 Å². The Bertz CT molecular complexity index is 562. The summed E-state index contributed by atoms with van der Waals surface area (Å²) in [4.78, 5) is 11.0. The minimum atomic E-state index is 0.224. The van der Waals surface area contributed by atoms with Gasteiger partial charge in [0.25, 0.3) is 0 Å². The summed E-state index contributed by atoms with van der Waals surface area (Å²) < 4.78 is 16.0. The Hall–Kier alpha value is -2.30. The van der Waals surface area contributed by atoms with Crippen molar-refractivity contribution >= 4 is 6.29 Å². The van der Waals surface area contributed by atoms with E-state index in [9.17, 15) is 4.79 Å². The fourth-order valence-electron chi connectivity index (χ4n) is 1.68. The number of carbonyl (C=O) groups is 1. The smallest absolute Gasteiger partial charge is 0.172 e. The molecule has 0 saturated heterocycles. The largest absolute Gasteiger partial charge is 0.490 e. The number of carbonyl (C=O) groups excluding carboxylic acids is 1. The van der Waals surface area contributed by atoms with Crippen LogP contribution in [0, 0.1) is 6.92 Å². The maximum Gasteiger partial charge on any atom is 0.172 e. The third kappa shape index (κ3) is 3.13. The van der Waals surface area contributed by atoms with Gasteiger partial charge in [0, 0.05) is 6.07 Å². The summed E-state index contributed by atoms with van der Waals surface area (Å²) in [5.41, 5.74) is 1.12. The van der Waals surface area contributed by atoms with Crippen LogP contribution < -0.4 is 9.47 Å². The lowest BCUT2D eigenvalue weighted by molar-refractivity contribution is 0.111. The van der Waals surface area contributed by atoms with Crippen LogP contribution in [0.4, 0.5) is 0 Å². The van der Waals surface area contributed by atoms with Gasteiger partial charge in [0.05, 0.1) is 12.2 Å². The first-order valence-electron chi connectivity index (χ1n) is 6.00. The zero-order valence-electron chi connectivity index (χ0n) is 10.9. The van der Waals surface area contributed by atoms with Gasteiger partial charge in [-0.05, 0) is 26.0 Å². The molecule has 0 bridgehead atoms. The van der Waals surface area contributed by atoms with E-state index < -0.39 is 0 Å². The van der Waals surface area contributed by atoms with Gasteiger partial charge >= 0.3 is 0 Å². The van der Waals surface area contributed by atoms with E-state index >= 15 is 0 Å². The predicted octanol–water partition coefficient (Wildman–Crippen LogP) is 2.77. The van der Waals surface area contributed by atoms with Crippen LogP contribution in [0.2, 0.25) is 0 Å². The van der Waals surface area contributed by atoms with Crippen molar-refractivity contribution in [2.45, 2.75) is 20.5 Å². The van der Waals surface area contributed by atoms with Crippen molar-refractivity contribution in [3.05, 3.63) is 41.3 Å². The molecule has 1 aromatic carbocycles. The fraction of sp³-hybridized carbons (Fsp3) is 0.286. The summed E-state index contributed by atoms with van der Waals surface area (Å²) in [6.07, 6.45) is 0.742. The molecule has 0 fully saturated rings. The molecule has 0 radical (unpaired) electrons. The molecule has 0 aliphatic heterocycles. The van der Waals surface area contributed by atoms with Crippen molar-refractivity contribution < 1.29 is 18.8 Å². The van der Waals surface area contributed by atoms with Crippen LogP contribution >= 0.6 is 0 Å². The molecule has 0 unspecified atom stereocenters. The lowest BCUT2D eigenvalue weighted by Crippen LogP contribution is -2.02. The van der Waals surface area contributed by atoms with E-state index in [1.54, 1.807) is 24.3 Å². The van der Waals surface area contributed by atoms with Gasteiger partial charge < -0.3 is 14.0 Å². The minimum Gasteiger partial charge on any atom is -0.490 e. The molecule has 100 valence electrons. The van der Waals surface area contributed by atoms with Gasteiger partial charge in [-0.15, -0.1) is 0 Å². The highest BCUT2D eigenvalue weighted by Crippen LogP contribution is 2.31. The van der Waals surface area contributed by atoms with E-state index in [-0.39, 0.29) is 6.61 Å². The number of nitrogens with zero attached hydrogens (tertiary/aromatic N) is 1. The van der Waals surface area contributed by atoms with Gasteiger partial charge in [0.1, 0.15) is 18.1 Å². The van der Waals surface area contributed by atoms with Crippen LogP contribution in [0.1, 0.15) is 28.7 Å². The molecule has 0 spiro atoms. The van der Waals surface area contributed by atoms with E-state index in [0.717, 1.165) is 6.29 Å². The molecular formula is C14H15NO4. The summed E-state index contributed by atoms with van der Waals surface area (Å²) in [7, 11) is 0. The summed E-state index contributed by atoms with van der Waals surface area (Å²) >= 11 is 0. The molecule has 2 rings (SSSR count). The Balaban J connectivity index is 2.19. The standard InChI is InChI=1S/C14H15NO4/c1-3-17-13-6-4-5-11(8-16)14(13)18-9-12-7-10(2)19-15-12/h4-8H,3,9H2,1-2H3. The molecule has 0 aliphatic carbocycles. The Morgan fingerprint density at radius 1 is 1.37 bits per heavy atom. The van der Waals surface area contributed by atoms with E-state index in [2.05, 4.69) is 5.16 Å². The van der Waals surface area contributed by atoms with Gasteiger partial charge in [-0.2, -0.15) is 0 Å². The second-order valence-corrected chi connectivity index (χ2v) is 3.94. The zero-order chi connectivity index (χ0) is 13.7. The van der Waals surface area contributed by atoms with E-state index in [1.165, 1.54) is 0 Å². The van der Waals surface area contributed by atoms with Crippen molar-refractivity contribution in [2.24, 2.45) is 0 Å². The van der Waals surface area contributed by atoms with Gasteiger partial charge in [-0.25, -0.2) is 0 Å². The molecule has 1 heterocycles. The highest BCUT2D eigenvalue weighted by molar-refractivity contribution is 5.81. The lowest BCUT2D eigenvalue weighted by atomic mass is 10.2. The number of rotatable bonds is 6. The average Bonchev–Trinajstić information content (AvgIpc) is 2.83. The van der Waals surface area contributed by atoms with Crippen molar-refractivity contribution in [2.75, 3.05) is 6.61 Å². The molecule has 0 aliphatic rings. The number of hydrogen-bond acceptors (Lipinski definition) is 5. The van der Waals surface area contributed by atoms with Gasteiger partial charge in [-0.1, -0.05) is 11.2 Å². The average molecular weight is 261 g/mol. The Kier molecular flexibility index (Phi) is 4.18. The summed E-state index contributed by atoms with van der Waals surface area (Å²) in [6, 6.07) is 6.98. The first-order valence-corrected chi connectivity index (χ1v) is 6.00. The molecule has 0 amide bonds. The normalized spacial score (nSPS) is 10.2. The Morgan fingerprint density at radius 2 is 2.21 bits per heavy atom. The molecule has 0 atom stereocenters. The third-order valence-electron chi connectivity index (χ3n) is 2.48. The number of aryl methyl sites for hydroxylation is 1. The second-order valence-electron chi connectivity index (χ2n) is 3.94. The molecule has 2 aromatic rings. The van der Waals surface area contributed by atoms with Crippen LogP contribution in [0.25, 0.3) is 0 Å². The van der Waals surface area contributed by atoms with Gasteiger partial charge in [-0.3, -0.25) is 4.79 Å². The van der Waals surface area contributed by atoms with Crippen LogP contribution in [0.5, 0.6) is 11.5 Å². The summed E-state index contributed by atoms with van der Waals surface area (Å²) in [6.45, 7) is 4.41. The highest BCUT2D eigenvalue weighted by atomic mass is 16.5. The number of benzene rings is 1. The maximum absolute atomic E-state index is 11.0. The SMILES string of the molecule is CCOc1cccc(C=O)c1OCc1cc(C)on1. The second kappa shape index (κ2) is 6.04. The van der Waals surface area contributed by atoms with E-state index in [4.69, 9.17) is 14.0 Å². The molecule has 5 heteroatoms. The number of aromatic nitrogens is 1. The predicted molar refractivity (Wildman–Crippen MR) is 68.6 cm³/mol. The van der Waals surface area contributed by atoms with Crippen LogP contribution in [-0.4, -0.2) is 18.0 Å². The highest BCUT2D eigenvalue weighted by Gasteiger charge is 2.11. The molecule has 0 saturated carbocycles. The maximum atomic E-state index is 11.0. The lowest BCUT2D eigenvalue weighted by Gasteiger charge is -2.12. The molecule has 19 heavy (non-hydrogen) atoms. The van der Waals surface area contributed by atoms with Crippen LogP contribution in [0.3, 0.4) is 0 Å². The van der Waals surface area contributed by atoms with Crippen LogP contribution in [-0.2, 0) is 6.61 Å². The molecular weight excluding hydrogens is 246 g/mol. The quantitative estimate of drug-likeness (QED) is 0.748. The zero-order valence-corrected chi connectivity index (χ0v) is 10.9. The first kappa shape index (κ1) is 13.1. The minimum absolute atomic E-state index is 0.224. The number of aldehydes is 1. The van der Waals surface area contributed by atoms with E-state index in [0.29, 0.717) is 35.1 Å². The Morgan fingerprint density at radius 3 is 2.84 bits per heavy atom. The van der Waals surface area contributed by atoms with Gasteiger partial charge in [0.15, 0.2) is 17.8 Å². The summed E-state index contributed by atoms with van der Waals surface area (Å²) in [5, 5.41) is 3.83. The van der Waals surface area contributed by atoms with Crippen molar-refractivity contribution in [3.63, 3.8) is 0 Å². The van der Waals surface area contributed by atoms with Crippen molar-refractivity contribution in [1.82, 2.24) is 5.16 Å².